The quantitative estimate of drug-likeness (QED) is 0.733. The highest BCUT2D eigenvalue weighted by molar-refractivity contribution is 9.10. The van der Waals surface area contributed by atoms with E-state index in [9.17, 15) is 0 Å². The lowest BCUT2D eigenvalue weighted by Gasteiger charge is -2.17. The molecule has 0 bridgehead atoms. The predicted octanol–water partition coefficient (Wildman–Crippen LogP) is 2.97. The number of anilines is 1. The number of rotatable bonds is 1. The molecule has 0 amide bonds. The molecule has 4 heteroatoms. The van der Waals surface area contributed by atoms with Gasteiger partial charge < -0.3 is 4.90 Å². The van der Waals surface area contributed by atoms with E-state index in [1.165, 1.54) is 5.56 Å². The molecular formula is C10H12BrClN2. The first-order valence-corrected chi connectivity index (χ1v) is 5.91. The average Bonchev–Trinajstić information content (AvgIpc) is 2.57. The summed E-state index contributed by atoms with van der Waals surface area (Å²) in [7, 11) is 0. The molecule has 1 atom stereocenters. The fourth-order valence-electron chi connectivity index (χ4n) is 1.62. The van der Waals surface area contributed by atoms with E-state index >= 15 is 0 Å². The van der Waals surface area contributed by atoms with E-state index in [4.69, 9.17) is 11.6 Å². The van der Waals surface area contributed by atoms with Crippen LogP contribution in [0.3, 0.4) is 0 Å². The lowest BCUT2D eigenvalue weighted by Crippen LogP contribution is -2.20. The zero-order chi connectivity index (χ0) is 10.1. The summed E-state index contributed by atoms with van der Waals surface area (Å²) in [6.45, 7) is 4.00. The van der Waals surface area contributed by atoms with Gasteiger partial charge in [0.15, 0.2) is 0 Å². The van der Waals surface area contributed by atoms with Crippen molar-refractivity contribution in [2.75, 3.05) is 18.0 Å². The topological polar surface area (TPSA) is 16.1 Å². The number of nitrogens with zero attached hydrogens (tertiary/aromatic N) is 2. The van der Waals surface area contributed by atoms with E-state index in [0.29, 0.717) is 0 Å². The van der Waals surface area contributed by atoms with Crippen LogP contribution in [0, 0.1) is 6.92 Å². The zero-order valence-electron chi connectivity index (χ0n) is 8.00. The first-order valence-electron chi connectivity index (χ1n) is 4.68. The Kier molecular flexibility index (Phi) is 2.98. The summed E-state index contributed by atoms with van der Waals surface area (Å²) in [4.78, 5) is 6.61. The van der Waals surface area contributed by atoms with Crippen molar-refractivity contribution in [1.82, 2.24) is 4.98 Å². The molecule has 1 aromatic rings. The number of aromatic nitrogens is 1. The van der Waals surface area contributed by atoms with E-state index in [2.05, 4.69) is 38.8 Å². The summed E-state index contributed by atoms with van der Waals surface area (Å²) in [6.07, 6.45) is 2.91. The van der Waals surface area contributed by atoms with Gasteiger partial charge >= 0.3 is 0 Å². The van der Waals surface area contributed by atoms with Gasteiger partial charge in [0.2, 0.25) is 0 Å². The third-order valence-corrected chi connectivity index (χ3v) is 3.67. The van der Waals surface area contributed by atoms with E-state index in [0.717, 1.165) is 29.8 Å². The van der Waals surface area contributed by atoms with Crippen LogP contribution in [-0.2, 0) is 0 Å². The molecule has 1 aromatic heterocycles. The second kappa shape index (κ2) is 4.07. The van der Waals surface area contributed by atoms with Crippen molar-refractivity contribution in [2.45, 2.75) is 18.7 Å². The van der Waals surface area contributed by atoms with Gasteiger partial charge in [-0.05, 0) is 40.9 Å². The maximum absolute atomic E-state index is 6.05. The minimum Gasteiger partial charge on any atom is -0.355 e. The van der Waals surface area contributed by atoms with Crippen LogP contribution in [0.15, 0.2) is 16.7 Å². The standard InChI is InChI=1S/C10H12BrClN2/c1-7-4-10(13-5-9(7)11)14-3-2-8(12)6-14/h4-5,8H,2-3,6H2,1H3. The molecule has 2 nitrogen and oxygen atoms in total. The minimum absolute atomic E-state index is 0.278. The number of alkyl halides is 1. The predicted molar refractivity (Wildman–Crippen MR) is 63.1 cm³/mol. The Morgan fingerprint density at radius 1 is 1.64 bits per heavy atom. The van der Waals surface area contributed by atoms with Gasteiger partial charge in [0.1, 0.15) is 5.82 Å². The van der Waals surface area contributed by atoms with E-state index in [-0.39, 0.29) is 5.38 Å². The summed E-state index contributed by atoms with van der Waals surface area (Å²) < 4.78 is 1.06. The van der Waals surface area contributed by atoms with Crippen molar-refractivity contribution in [1.29, 1.82) is 0 Å². The second-order valence-corrected chi connectivity index (χ2v) is 5.10. The Morgan fingerprint density at radius 2 is 2.43 bits per heavy atom. The molecule has 2 heterocycles. The fraction of sp³-hybridized carbons (Fsp3) is 0.500. The molecule has 1 saturated heterocycles. The zero-order valence-corrected chi connectivity index (χ0v) is 10.3. The third-order valence-electron chi connectivity index (χ3n) is 2.49. The molecule has 2 rings (SSSR count). The summed E-state index contributed by atoms with van der Waals surface area (Å²) in [5.74, 6) is 1.04. The van der Waals surface area contributed by atoms with Crippen molar-refractivity contribution in [3.05, 3.63) is 22.3 Å². The molecule has 1 unspecified atom stereocenters. The summed E-state index contributed by atoms with van der Waals surface area (Å²) >= 11 is 9.49. The fourth-order valence-corrected chi connectivity index (χ4v) is 2.10. The van der Waals surface area contributed by atoms with Crippen molar-refractivity contribution in [3.63, 3.8) is 0 Å². The summed E-state index contributed by atoms with van der Waals surface area (Å²) in [5.41, 5.74) is 1.22. The molecule has 1 aliphatic heterocycles. The van der Waals surface area contributed by atoms with Crippen LogP contribution in [0.2, 0.25) is 0 Å². The molecule has 0 aromatic carbocycles. The van der Waals surface area contributed by atoms with Crippen LogP contribution in [-0.4, -0.2) is 23.5 Å². The second-order valence-electron chi connectivity index (χ2n) is 3.62. The number of halogens is 2. The molecule has 0 spiro atoms. The lowest BCUT2D eigenvalue weighted by molar-refractivity contribution is 0.934. The van der Waals surface area contributed by atoms with Crippen LogP contribution < -0.4 is 4.90 Å². The molecule has 76 valence electrons. The summed E-state index contributed by atoms with van der Waals surface area (Å²) in [5, 5.41) is 0.278. The average molecular weight is 276 g/mol. The van der Waals surface area contributed by atoms with Crippen LogP contribution in [0.5, 0.6) is 0 Å². The molecular weight excluding hydrogens is 263 g/mol. The molecule has 0 aliphatic carbocycles. The number of hydrogen-bond acceptors (Lipinski definition) is 2. The van der Waals surface area contributed by atoms with Gasteiger partial charge in [-0.15, -0.1) is 11.6 Å². The van der Waals surface area contributed by atoms with Crippen LogP contribution in [0.25, 0.3) is 0 Å². The maximum Gasteiger partial charge on any atom is 0.128 e. The molecule has 1 fully saturated rings. The van der Waals surface area contributed by atoms with Crippen molar-refractivity contribution < 1.29 is 0 Å². The molecule has 1 aliphatic rings. The van der Waals surface area contributed by atoms with Gasteiger partial charge in [-0.1, -0.05) is 0 Å². The van der Waals surface area contributed by atoms with Crippen LogP contribution in [0.1, 0.15) is 12.0 Å². The van der Waals surface area contributed by atoms with Gasteiger partial charge in [0, 0.05) is 23.8 Å². The van der Waals surface area contributed by atoms with Gasteiger partial charge in [-0.2, -0.15) is 0 Å². The Balaban J connectivity index is 2.20. The molecule has 0 saturated carbocycles. The molecule has 0 radical (unpaired) electrons. The SMILES string of the molecule is Cc1cc(N2CCC(Cl)C2)ncc1Br. The van der Waals surface area contributed by atoms with E-state index in [1.54, 1.807) is 0 Å². The maximum atomic E-state index is 6.05. The van der Waals surface area contributed by atoms with E-state index in [1.807, 2.05) is 6.20 Å². The van der Waals surface area contributed by atoms with Crippen molar-refractivity contribution in [2.24, 2.45) is 0 Å². The smallest absolute Gasteiger partial charge is 0.128 e. The highest BCUT2D eigenvalue weighted by Gasteiger charge is 2.21. The van der Waals surface area contributed by atoms with Gasteiger partial charge in [0.25, 0.3) is 0 Å². The highest BCUT2D eigenvalue weighted by atomic mass is 79.9. The normalized spacial score (nSPS) is 21.6. The molecule has 0 N–H and O–H groups in total. The van der Waals surface area contributed by atoms with Crippen molar-refractivity contribution in [3.8, 4) is 0 Å². The van der Waals surface area contributed by atoms with Gasteiger partial charge in [0.05, 0.1) is 5.38 Å². The number of hydrogen-bond donors (Lipinski definition) is 0. The monoisotopic (exact) mass is 274 g/mol. The van der Waals surface area contributed by atoms with Crippen LogP contribution >= 0.6 is 27.5 Å². The molecule has 14 heavy (non-hydrogen) atoms. The van der Waals surface area contributed by atoms with Crippen molar-refractivity contribution >= 4 is 33.3 Å². The minimum atomic E-state index is 0.278. The van der Waals surface area contributed by atoms with Gasteiger partial charge in [-0.25, -0.2) is 4.98 Å². The Bertz CT molecular complexity index is 343. The Morgan fingerprint density at radius 3 is 3.00 bits per heavy atom. The highest BCUT2D eigenvalue weighted by Crippen LogP contribution is 2.24. The Labute approximate surface area is 97.4 Å². The first kappa shape index (κ1) is 10.2. The number of aryl methyl sites for hydroxylation is 1. The Hall–Kier alpha value is -0.280. The number of pyridine rings is 1. The third kappa shape index (κ3) is 2.04. The largest absolute Gasteiger partial charge is 0.355 e. The van der Waals surface area contributed by atoms with E-state index < -0.39 is 0 Å². The van der Waals surface area contributed by atoms with Gasteiger partial charge in [-0.3, -0.25) is 0 Å². The first-order chi connectivity index (χ1) is 6.66. The van der Waals surface area contributed by atoms with Crippen LogP contribution in [0.4, 0.5) is 5.82 Å². The lowest BCUT2D eigenvalue weighted by atomic mass is 10.3. The summed E-state index contributed by atoms with van der Waals surface area (Å²) in [6, 6.07) is 2.10.